The van der Waals surface area contributed by atoms with Crippen molar-refractivity contribution < 1.29 is 23.9 Å². The third-order valence-corrected chi connectivity index (χ3v) is 6.71. The molecule has 2 heterocycles. The highest BCUT2D eigenvalue weighted by Crippen LogP contribution is 2.38. The number of aliphatic imine (C=N–C) groups is 1. The number of hydrogen-bond donors (Lipinski definition) is 2. The van der Waals surface area contributed by atoms with Gasteiger partial charge in [-0.05, 0) is 38.2 Å². The van der Waals surface area contributed by atoms with E-state index in [9.17, 15) is 19.2 Å². The van der Waals surface area contributed by atoms with E-state index in [1.807, 2.05) is 0 Å². The van der Waals surface area contributed by atoms with E-state index in [2.05, 4.69) is 15.6 Å². The van der Waals surface area contributed by atoms with Gasteiger partial charge in [0.05, 0.1) is 12.2 Å². The van der Waals surface area contributed by atoms with Crippen LogP contribution in [0.15, 0.2) is 4.99 Å². The number of esters is 1. The maximum absolute atomic E-state index is 12.8. The van der Waals surface area contributed by atoms with E-state index in [-0.39, 0.29) is 6.61 Å². The Hall–Kier alpha value is -2.55. The van der Waals surface area contributed by atoms with Crippen LogP contribution in [0.5, 0.6) is 0 Å². The van der Waals surface area contributed by atoms with Crippen molar-refractivity contribution in [2.24, 2.45) is 10.9 Å². The second-order valence-electron chi connectivity index (χ2n) is 7.80. The molecular weight excluding hydrogens is 418 g/mol. The van der Waals surface area contributed by atoms with Crippen LogP contribution in [-0.4, -0.2) is 36.6 Å². The van der Waals surface area contributed by atoms with Crippen LogP contribution in [0.2, 0.25) is 0 Å². The van der Waals surface area contributed by atoms with Gasteiger partial charge in [-0.15, -0.1) is 11.3 Å². The molecule has 0 aromatic carbocycles. The Balaban J connectivity index is 1.93. The van der Waals surface area contributed by atoms with Gasteiger partial charge in [0.25, 0.3) is 0 Å². The minimum Gasteiger partial charge on any atom is -0.462 e. The first-order valence-electron chi connectivity index (χ1n) is 11.0. The number of rotatable bonds is 4. The van der Waals surface area contributed by atoms with E-state index >= 15 is 0 Å². The smallest absolute Gasteiger partial charge is 0.341 e. The van der Waals surface area contributed by atoms with Gasteiger partial charge in [0.15, 0.2) is 5.92 Å². The summed E-state index contributed by atoms with van der Waals surface area (Å²) in [6.07, 6.45) is 12.1. The Kier molecular flexibility index (Phi) is 8.34. The zero-order valence-corrected chi connectivity index (χ0v) is 18.6. The van der Waals surface area contributed by atoms with Crippen molar-refractivity contribution in [2.45, 2.75) is 71.1 Å². The molecule has 2 aliphatic rings. The van der Waals surface area contributed by atoms with E-state index in [4.69, 9.17) is 4.74 Å². The molecule has 0 atom stereocenters. The Morgan fingerprint density at radius 3 is 2.19 bits per heavy atom. The number of thiophene rings is 1. The van der Waals surface area contributed by atoms with Gasteiger partial charge in [0.1, 0.15) is 5.00 Å². The van der Waals surface area contributed by atoms with E-state index < -0.39 is 29.7 Å². The van der Waals surface area contributed by atoms with Crippen LogP contribution in [-0.2, 0) is 27.2 Å². The molecule has 1 aromatic rings. The summed E-state index contributed by atoms with van der Waals surface area (Å²) in [4.78, 5) is 53.6. The van der Waals surface area contributed by atoms with Crippen LogP contribution in [0.4, 0.5) is 9.80 Å². The lowest BCUT2D eigenvalue weighted by Crippen LogP contribution is -2.56. The minimum atomic E-state index is -1.23. The number of urea groups is 1. The molecule has 3 rings (SSSR count). The first-order valence-corrected chi connectivity index (χ1v) is 11.8. The molecule has 0 unspecified atom stereocenters. The Morgan fingerprint density at radius 2 is 1.58 bits per heavy atom. The van der Waals surface area contributed by atoms with Crippen molar-refractivity contribution >= 4 is 46.4 Å². The van der Waals surface area contributed by atoms with Crippen LogP contribution in [0.1, 0.15) is 79.1 Å². The number of carbonyl (C=O) groups is 4. The van der Waals surface area contributed by atoms with Gasteiger partial charge in [-0.25, -0.2) is 14.6 Å². The van der Waals surface area contributed by atoms with Gasteiger partial charge in [-0.1, -0.05) is 38.5 Å². The average Bonchev–Trinajstić information content (AvgIpc) is 3.04. The number of hydrogen-bond acceptors (Lipinski definition) is 7. The molecule has 0 bridgehead atoms. The van der Waals surface area contributed by atoms with Crippen molar-refractivity contribution in [1.29, 1.82) is 0 Å². The lowest BCUT2D eigenvalue weighted by Gasteiger charge is -2.16. The normalized spacial score (nSPS) is 19.2. The van der Waals surface area contributed by atoms with Crippen LogP contribution in [0.3, 0.4) is 0 Å². The van der Waals surface area contributed by atoms with E-state index in [0.717, 1.165) is 49.0 Å². The number of ether oxygens (including phenoxy) is 1. The third-order valence-electron chi connectivity index (χ3n) is 5.51. The van der Waals surface area contributed by atoms with Gasteiger partial charge >= 0.3 is 12.0 Å². The molecule has 4 amide bonds. The van der Waals surface area contributed by atoms with Crippen molar-refractivity contribution in [3.05, 3.63) is 16.0 Å². The van der Waals surface area contributed by atoms with Gasteiger partial charge in [-0.3, -0.25) is 20.2 Å². The molecule has 1 aliphatic carbocycles. The summed E-state index contributed by atoms with van der Waals surface area (Å²) in [6.45, 7) is 2.01. The van der Waals surface area contributed by atoms with Crippen molar-refractivity contribution in [3.8, 4) is 0 Å². The lowest BCUT2D eigenvalue weighted by atomic mass is 9.97. The van der Waals surface area contributed by atoms with Gasteiger partial charge < -0.3 is 4.74 Å². The molecule has 1 aliphatic heterocycles. The second kappa shape index (κ2) is 11.2. The molecule has 8 nitrogen and oxygen atoms in total. The predicted octanol–water partition coefficient (Wildman–Crippen LogP) is 3.83. The quantitative estimate of drug-likeness (QED) is 0.414. The van der Waals surface area contributed by atoms with Crippen molar-refractivity contribution in [2.75, 3.05) is 6.61 Å². The summed E-state index contributed by atoms with van der Waals surface area (Å²) < 4.78 is 5.30. The Bertz CT molecular complexity index is 857. The predicted molar refractivity (Wildman–Crippen MR) is 118 cm³/mol. The summed E-state index contributed by atoms with van der Waals surface area (Å²) >= 11 is 1.43. The van der Waals surface area contributed by atoms with E-state index in [1.54, 1.807) is 6.92 Å². The molecule has 31 heavy (non-hydrogen) atoms. The summed E-state index contributed by atoms with van der Waals surface area (Å²) in [6, 6.07) is -0.843. The Labute approximate surface area is 185 Å². The van der Waals surface area contributed by atoms with Gasteiger partial charge in [0.2, 0.25) is 11.8 Å². The largest absolute Gasteiger partial charge is 0.462 e. The first kappa shape index (κ1) is 23.1. The SMILES string of the molecule is CCOC(=O)c1c(N=CC2C(=O)NC(=O)NC2=O)sc2c1CCCCCCCCCC2. The van der Waals surface area contributed by atoms with E-state index in [1.165, 1.54) is 43.2 Å². The lowest BCUT2D eigenvalue weighted by molar-refractivity contribution is -0.132. The second-order valence-corrected chi connectivity index (χ2v) is 8.88. The highest BCUT2D eigenvalue weighted by atomic mass is 32.1. The standard InChI is InChI=1S/C22H29N3O5S/c1-2-30-21(28)17-14-11-9-7-5-3-4-6-8-10-12-16(14)31-20(17)23-13-15-18(26)24-22(29)25-19(15)27/h13,15H,2-12H2,1H3,(H2,24,25,26,27,29). The van der Waals surface area contributed by atoms with Crippen LogP contribution < -0.4 is 10.6 Å². The van der Waals surface area contributed by atoms with Gasteiger partial charge in [0, 0.05) is 11.1 Å². The molecule has 0 saturated carbocycles. The average molecular weight is 448 g/mol. The summed E-state index contributed by atoms with van der Waals surface area (Å²) in [5.74, 6) is -3.11. The first-order chi connectivity index (χ1) is 15.0. The Morgan fingerprint density at radius 1 is 1.00 bits per heavy atom. The molecular formula is C22H29N3O5S. The molecule has 1 aromatic heterocycles. The van der Waals surface area contributed by atoms with Gasteiger partial charge in [-0.2, -0.15) is 0 Å². The summed E-state index contributed by atoms with van der Waals surface area (Å²) in [5, 5.41) is 4.57. The molecule has 1 saturated heterocycles. The number of aryl methyl sites for hydroxylation is 1. The number of amides is 4. The minimum absolute atomic E-state index is 0.252. The zero-order chi connectivity index (χ0) is 22.2. The number of carbonyl (C=O) groups excluding carboxylic acids is 4. The summed E-state index contributed by atoms with van der Waals surface area (Å²) in [5.41, 5.74) is 1.44. The maximum atomic E-state index is 12.8. The fourth-order valence-electron chi connectivity index (χ4n) is 3.92. The number of barbiturate groups is 1. The van der Waals surface area contributed by atoms with Crippen molar-refractivity contribution in [1.82, 2.24) is 10.6 Å². The van der Waals surface area contributed by atoms with E-state index in [0.29, 0.717) is 10.6 Å². The number of nitrogens with one attached hydrogen (secondary N) is 2. The van der Waals surface area contributed by atoms with Crippen molar-refractivity contribution in [3.63, 3.8) is 0 Å². The number of fused-ring (bicyclic) bond motifs is 1. The van der Waals surface area contributed by atoms with Crippen LogP contribution in [0.25, 0.3) is 0 Å². The molecule has 0 radical (unpaired) electrons. The molecule has 2 N–H and O–H groups in total. The number of imide groups is 2. The fraction of sp³-hybridized carbons (Fsp3) is 0.591. The van der Waals surface area contributed by atoms with Crippen LogP contribution >= 0.6 is 11.3 Å². The monoisotopic (exact) mass is 447 g/mol. The molecule has 168 valence electrons. The summed E-state index contributed by atoms with van der Waals surface area (Å²) in [7, 11) is 0. The third kappa shape index (κ3) is 6.00. The highest BCUT2D eigenvalue weighted by Gasteiger charge is 2.33. The highest BCUT2D eigenvalue weighted by molar-refractivity contribution is 7.16. The fourth-order valence-corrected chi connectivity index (χ4v) is 5.15. The van der Waals surface area contributed by atoms with Crippen LogP contribution in [0, 0.1) is 5.92 Å². The molecule has 9 heteroatoms. The maximum Gasteiger partial charge on any atom is 0.341 e. The molecule has 0 spiro atoms. The number of nitrogens with zero attached hydrogens (tertiary/aromatic N) is 1. The molecule has 1 fully saturated rings. The zero-order valence-electron chi connectivity index (χ0n) is 17.8. The topological polar surface area (TPSA) is 114 Å².